The maximum Gasteiger partial charge on any atom is 0.0887 e. The Balaban J connectivity index is 2.03. The van der Waals surface area contributed by atoms with Crippen LogP contribution in [0.15, 0.2) is 54.6 Å². The van der Waals surface area contributed by atoms with Gasteiger partial charge < -0.3 is 5.11 Å². The predicted octanol–water partition coefficient (Wildman–Crippen LogP) is 4.89. The topological polar surface area (TPSA) is 20.2 Å². The minimum absolute atomic E-state index is 0.161. The Kier molecular flexibility index (Phi) is 3.82. The molecule has 0 amide bonds. The zero-order chi connectivity index (χ0) is 14.0. The molecule has 1 nitrogen and oxygen atoms in total. The Morgan fingerprint density at radius 1 is 0.950 bits per heavy atom. The first-order valence-electron chi connectivity index (χ1n) is 7.21. The van der Waals surface area contributed by atoms with Gasteiger partial charge in [0.2, 0.25) is 0 Å². The van der Waals surface area contributed by atoms with E-state index in [4.69, 9.17) is 11.6 Å². The molecule has 1 aliphatic rings. The van der Waals surface area contributed by atoms with Crippen molar-refractivity contribution in [2.24, 2.45) is 0 Å². The summed E-state index contributed by atoms with van der Waals surface area (Å²) in [6.45, 7) is 0. The highest BCUT2D eigenvalue weighted by Crippen LogP contribution is 2.49. The molecule has 2 heteroatoms. The SMILES string of the molecule is OC(c1cccc(Cl)c1)C1(c2ccccc2)CCCC1. The molecule has 1 atom stereocenters. The summed E-state index contributed by atoms with van der Waals surface area (Å²) in [6, 6.07) is 18.0. The zero-order valence-electron chi connectivity index (χ0n) is 11.4. The molecule has 104 valence electrons. The lowest BCUT2D eigenvalue weighted by Crippen LogP contribution is -2.30. The second kappa shape index (κ2) is 5.59. The summed E-state index contributed by atoms with van der Waals surface area (Å²) in [6.07, 6.45) is 3.92. The van der Waals surface area contributed by atoms with Gasteiger partial charge in [-0.2, -0.15) is 0 Å². The molecule has 0 radical (unpaired) electrons. The van der Waals surface area contributed by atoms with Crippen molar-refractivity contribution in [2.75, 3.05) is 0 Å². The van der Waals surface area contributed by atoms with Gasteiger partial charge in [0.15, 0.2) is 0 Å². The summed E-state index contributed by atoms with van der Waals surface area (Å²) in [5.41, 5.74) is 2.00. The van der Waals surface area contributed by atoms with Crippen molar-refractivity contribution in [3.8, 4) is 0 Å². The molecule has 0 spiro atoms. The maximum atomic E-state index is 11.0. The molecule has 2 aromatic carbocycles. The van der Waals surface area contributed by atoms with Crippen molar-refractivity contribution in [3.63, 3.8) is 0 Å². The monoisotopic (exact) mass is 286 g/mol. The van der Waals surface area contributed by atoms with Gasteiger partial charge in [-0.3, -0.25) is 0 Å². The molecule has 1 N–H and O–H groups in total. The van der Waals surface area contributed by atoms with Crippen molar-refractivity contribution in [1.29, 1.82) is 0 Å². The van der Waals surface area contributed by atoms with Crippen molar-refractivity contribution in [3.05, 3.63) is 70.7 Å². The van der Waals surface area contributed by atoms with Crippen LogP contribution in [0.25, 0.3) is 0 Å². The van der Waals surface area contributed by atoms with E-state index in [0.717, 1.165) is 18.4 Å². The van der Waals surface area contributed by atoms with Crippen molar-refractivity contribution in [2.45, 2.75) is 37.2 Å². The highest BCUT2D eigenvalue weighted by Gasteiger charge is 2.42. The fourth-order valence-electron chi connectivity index (χ4n) is 3.49. The van der Waals surface area contributed by atoms with Crippen LogP contribution in [0.3, 0.4) is 0 Å². The Labute approximate surface area is 125 Å². The molecular formula is C18H19ClO. The number of hydrogen-bond acceptors (Lipinski definition) is 1. The molecule has 0 saturated heterocycles. The lowest BCUT2D eigenvalue weighted by Gasteiger charge is -2.35. The van der Waals surface area contributed by atoms with Crippen molar-refractivity contribution >= 4 is 11.6 Å². The van der Waals surface area contributed by atoms with Gasteiger partial charge in [0.1, 0.15) is 0 Å². The van der Waals surface area contributed by atoms with Gasteiger partial charge in [-0.15, -0.1) is 0 Å². The first-order chi connectivity index (χ1) is 9.72. The van der Waals surface area contributed by atoms with E-state index in [2.05, 4.69) is 24.3 Å². The first kappa shape index (κ1) is 13.7. The van der Waals surface area contributed by atoms with E-state index in [0.29, 0.717) is 5.02 Å². The van der Waals surface area contributed by atoms with E-state index in [1.807, 2.05) is 30.3 Å². The molecule has 2 aromatic rings. The fourth-order valence-corrected chi connectivity index (χ4v) is 3.69. The van der Waals surface area contributed by atoms with Gasteiger partial charge in [0.05, 0.1) is 6.10 Å². The van der Waals surface area contributed by atoms with Crippen LogP contribution in [0.2, 0.25) is 5.02 Å². The van der Waals surface area contributed by atoms with E-state index in [1.165, 1.54) is 18.4 Å². The van der Waals surface area contributed by atoms with Gasteiger partial charge in [-0.25, -0.2) is 0 Å². The van der Waals surface area contributed by atoms with Crippen LogP contribution >= 0.6 is 11.6 Å². The summed E-state index contributed by atoms with van der Waals surface area (Å²) < 4.78 is 0. The summed E-state index contributed by atoms with van der Waals surface area (Å²) in [5.74, 6) is 0. The number of hydrogen-bond donors (Lipinski definition) is 1. The van der Waals surface area contributed by atoms with Crippen LogP contribution in [0.5, 0.6) is 0 Å². The summed E-state index contributed by atoms with van der Waals surface area (Å²) >= 11 is 6.08. The number of rotatable bonds is 3. The Morgan fingerprint density at radius 3 is 2.30 bits per heavy atom. The molecule has 1 saturated carbocycles. The summed E-state index contributed by atoms with van der Waals surface area (Å²) in [4.78, 5) is 0. The third kappa shape index (κ3) is 2.36. The zero-order valence-corrected chi connectivity index (χ0v) is 12.2. The van der Waals surface area contributed by atoms with E-state index < -0.39 is 6.10 Å². The summed E-state index contributed by atoms with van der Waals surface area (Å²) in [7, 11) is 0. The Morgan fingerprint density at radius 2 is 1.65 bits per heavy atom. The number of aliphatic hydroxyl groups excluding tert-OH is 1. The third-order valence-electron chi connectivity index (χ3n) is 4.53. The molecule has 0 aliphatic heterocycles. The molecule has 0 heterocycles. The summed E-state index contributed by atoms with van der Waals surface area (Å²) in [5, 5.41) is 11.7. The van der Waals surface area contributed by atoms with Gasteiger partial charge in [0, 0.05) is 10.4 Å². The molecule has 0 bridgehead atoms. The van der Waals surface area contributed by atoms with E-state index in [9.17, 15) is 5.11 Å². The molecule has 1 aliphatic carbocycles. The first-order valence-corrected chi connectivity index (χ1v) is 7.59. The maximum absolute atomic E-state index is 11.0. The van der Waals surface area contributed by atoms with E-state index in [-0.39, 0.29) is 5.41 Å². The van der Waals surface area contributed by atoms with Crippen LogP contribution < -0.4 is 0 Å². The van der Waals surface area contributed by atoms with Crippen LogP contribution in [0.1, 0.15) is 42.9 Å². The van der Waals surface area contributed by atoms with Crippen LogP contribution in [0.4, 0.5) is 0 Å². The Bertz CT molecular complexity index is 573. The average Bonchev–Trinajstić information content (AvgIpc) is 2.98. The molecule has 0 aromatic heterocycles. The minimum atomic E-state index is -0.494. The lowest BCUT2D eigenvalue weighted by atomic mass is 9.72. The Hall–Kier alpha value is -1.31. The minimum Gasteiger partial charge on any atom is -0.387 e. The highest BCUT2D eigenvalue weighted by molar-refractivity contribution is 6.30. The molecular weight excluding hydrogens is 268 g/mol. The second-order valence-electron chi connectivity index (χ2n) is 5.69. The van der Waals surface area contributed by atoms with Gasteiger partial charge in [-0.05, 0) is 36.1 Å². The average molecular weight is 287 g/mol. The highest BCUT2D eigenvalue weighted by atomic mass is 35.5. The lowest BCUT2D eigenvalue weighted by molar-refractivity contribution is 0.0822. The number of aliphatic hydroxyl groups is 1. The molecule has 3 rings (SSSR count). The van der Waals surface area contributed by atoms with Gasteiger partial charge in [0.25, 0.3) is 0 Å². The van der Waals surface area contributed by atoms with Gasteiger partial charge in [-0.1, -0.05) is 66.9 Å². The quantitative estimate of drug-likeness (QED) is 0.852. The van der Waals surface area contributed by atoms with Crippen LogP contribution in [0, 0.1) is 0 Å². The van der Waals surface area contributed by atoms with E-state index in [1.54, 1.807) is 0 Å². The smallest absolute Gasteiger partial charge is 0.0887 e. The molecule has 1 unspecified atom stereocenters. The standard InChI is InChI=1S/C18H19ClO/c19-16-10-6-7-14(13-16)17(20)18(11-4-5-12-18)15-8-2-1-3-9-15/h1-3,6-10,13,17,20H,4-5,11-12H2. The number of halogens is 1. The second-order valence-corrected chi connectivity index (χ2v) is 6.12. The normalized spacial score (nSPS) is 18.9. The van der Waals surface area contributed by atoms with Crippen LogP contribution in [-0.2, 0) is 5.41 Å². The fraction of sp³-hybridized carbons (Fsp3) is 0.333. The van der Waals surface area contributed by atoms with Crippen molar-refractivity contribution in [1.82, 2.24) is 0 Å². The van der Waals surface area contributed by atoms with E-state index >= 15 is 0 Å². The van der Waals surface area contributed by atoms with Gasteiger partial charge >= 0.3 is 0 Å². The predicted molar refractivity (Wildman–Crippen MR) is 83.0 cm³/mol. The van der Waals surface area contributed by atoms with Crippen LogP contribution in [-0.4, -0.2) is 5.11 Å². The molecule has 20 heavy (non-hydrogen) atoms. The number of benzene rings is 2. The largest absolute Gasteiger partial charge is 0.387 e. The molecule has 1 fully saturated rings. The third-order valence-corrected chi connectivity index (χ3v) is 4.77. The van der Waals surface area contributed by atoms with Crippen molar-refractivity contribution < 1.29 is 5.11 Å².